The molecule has 1 aromatic heterocycles. The molecule has 142 valence electrons. The average molecular weight is 381 g/mol. The summed E-state index contributed by atoms with van der Waals surface area (Å²) in [5.74, 6) is -0.128. The molecular formula is C21H17F2N3O2. The highest BCUT2D eigenvalue weighted by Crippen LogP contribution is 2.27. The predicted molar refractivity (Wildman–Crippen MR) is 100 cm³/mol. The van der Waals surface area contributed by atoms with Gasteiger partial charge in [0.1, 0.15) is 28.9 Å². The van der Waals surface area contributed by atoms with Crippen LogP contribution in [0.15, 0.2) is 60.7 Å². The van der Waals surface area contributed by atoms with Gasteiger partial charge in [-0.1, -0.05) is 30.3 Å². The number of para-hydroxylation sites is 1. The predicted octanol–water partition coefficient (Wildman–Crippen LogP) is 4.02. The standard InChI is InChI=1S/C21H17F2N3O2/c22-15-6-2-1-5-14(15)11-26-12-18-19(28-13-21(26)27)9-10-20(25-18)24-17-8-4-3-7-16(17)23/h1-10H,11-13H2,(H,24,25). The zero-order valence-electron chi connectivity index (χ0n) is 14.9. The Labute approximate surface area is 160 Å². The molecule has 2 heterocycles. The largest absolute Gasteiger partial charge is 0.482 e. The number of ether oxygens (including phenoxy) is 1. The number of carbonyl (C=O) groups is 1. The zero-order chi connectivity index (χ0) is 19.5. The average Bonchev–Trinajstić information content (AvgIpc) is 2.84. The first kappa shape index (κ1) is 17.9. The van der Waals surface area contributed by atoms with E-state index in [4.69, 9.17) is 4.74 Å². The Morgan fingerprint density at radius 2 is 1.75 bits per heavy atom. The molecule has 0 aliphatic carbocycles. The van der Waals surface area contributed by atoms with Crippen LogP contribution in [-0.4, -0.2) is 22.4 Å². The van der Waals surface area contributed by atoms with Crippen molar-refractivity contribution in [2.24, 2.45) is 0 Å². The summed E-state index contributed by atoms with van der Waals surface area (Å²) in [4.78, 5) is 18.4. The molecule has 3 aromatic rings. The number of benzene rings is 2. The Kier molecular flexibility index (Phi) is 4.89. The van der Waals surface area contributed by atoms with Crippen LogP contribution in [0.3, 0.4) is 0 Å². The maximum Gasteiger partial charge on any atom is 0.261 e. The van der Waals surface area contributed by atoms with Gasteiger partial charge in [0.15, 0.2) is 6.61 Å². The van der Waals surface area contributed by atoms with Gasteiger partial charge >= 0.3 is 0 Å². The van der Waals surface area contributed by atoms with Crippen LogP contribution in [0.2, 0.25) is 0 Å². The Morgan fingerprint density at radius 3 is 2.54 bits per heavy atom. The van der Waals surface area contributed by atoms with Crippen molar-refractivity contribution in [3.8, 4) is 5.75 Å². The second-order valence-corrected chi connectivity index (χ2v) is 6.38. The zero-order valence-corrected chi connectivity index (χ0v) is 14.9. The van der Waals surface area contributed by atoms with Gasteiger partial charge in [0.05, 0.1) is 12.2 Å². The second-order valence-electron chi connectivity index (χ2n) is 6.38. The van der Waals surface area contributed by atoms with Gasteiger partial charge in [0.2, 0.25) is 0 Å². The van der Waals surface area contributed by atoms with Crippen molar-refractivity contribution in [1.29, 1.82) is 0 Å². The molecule has 1 aliphatic heterocycles. The van der Waals surface area contributed by atoms with E-state index in [9.17, 15) is 13.6 Å². The van der Waals surface area contributed by atoms with E-state index < -0.39 is 5.82 Å². The molecule has 0 bridgehead atoms. The van der Waals surface area contributed by atoms with Crippen molar-refractivity contribution in [3.05, 3.63) is 83.6 Å². The quantitative estimate of drug-likeness (QED) is 0.742. The number of carbonyl (C=O) groups excluding carboxylic acids is 1. The fourth-order valence-corrected chi connectivity index (χ4v) is 2.98. The summed E-state index contributed by atoms with van der Waals surface area (Å²) < 4.78 is 33.4. The number of hydrogen-bond donors (Lipinski definition) is 1. The van der Waals surface area contributed by atoms with Crippen LogP contribution in [0.25, 0.3) is 0 Å². The van der Waals surface area contributed by atoms with Gasteiger partial charge in [0, 0.05) is 12.1 Å². The molecule has 0 unspecified atom stereocenters. The van der Waals surface area contributed by atoms with Crippen LogP contribution in [0.1, 0.15) is 11.3 Å². The third-order valence-electron chi connectivity index (χ3n) is 4.43. The van der Waals surface area contributed by atoms with Crippen molar-refractivity contribution < 1.29 is 18.3 Å². The Morgan fingerprint density at radius 1 is 1.00 bits per heavy atom. The molecular weight excluding hydrogens is 364 g/mol. The lowest BCUT2D eigenvalue weighted by Gasteiger charge is -2.20. The van der Waals surface area contributed by atoms with Crippen molar-refractivity contribution in [2.75, 3.05) is 11.9 Å². The molecule has 0 saturated heterocycles. The van der Waals surface area contributed by atoms with Gasteiger partial charge in [-0.3, -0.25) is 4.79 Å². The molecule has 1 aliphatic rings. The molecule has 4 rings (SSSR count). The number of nitrogens with one attached hydrogen (secondary N) is 1. The smallest absolute Gasteiger partial charge is 0.261 e. The van der Waals surface area contributed by atoms with E-state index in [1.165, 1.54) is 17.0 Å². The minimum Gasteiger partial charge on any atom is -0.482 e. The molecule has 28 heavy (non-hydrogen) atoms. The van der Waals surface area contributed by atoms with Crippen LogP contribution in [0.5, 0.6) is 5.75 Å². The van der Waals surface area contributed by atoms with Gasteiger partial charge in [0.25, 0.3) is 5.91 Å². The lowest BCUT2D eigenvalue weighted by Crippen LogP contribution is -2.32. The van der Waals surface area contributed by atoms with E-state index in [0.717, 1.165) is 0 Å². The van der Waals surface area contributed by atoms with Gasteiger partial charge in [-0.25, -0.2) is 13.8 Å². The van der Waals surface area contributed by atoms with Crippen LogP contribution in [0.4, 0.5) is 20.3 Å². The number of pyridine rings is 1. The Bertz CT molecular complexity index is 1030. The lowest BCUT2D eigenvalue weighted by molar-refractivity contribution is -0.133. The summed E-state index contributed by atoms with van der Waals surface area (Å²) in [7, 11) is 0. The van der Waals surface area contributed by atoms with E-state index in [-0.39, 0.29) is 31.4 Å². The number of hydrogen-bond acceptors (Lipinski definition) is 4. The number of halogens is 2. The number of nitrogens with zero attached hydrogens (tertiary/aromatic N) is 2. The van der Waals surface area contributed by atoms with Gasteiger partial charge in [-0.05, 0) is 30.3 Å². The minimum atomic E-state index is -0.396. The van der Waals surface area contributed by atoms with Gasteiger partial charge in [-0.15, -0.1) is 0 Å². The summed E-state index contributed by atoms with van der Waals surface area (Å²) in [5, 5.41) is 2.92. The number of amides is 1. The Hall–Kier alpha value is -3.48. The fraction of sp³-hybridized carbons (Fsp3) is 0.143. The van der Waals surface area contributed by atoms with E-state index >= 15 is 0 Å². The van der Waals surface area contributed by atoms with Crippen molar-refractivity contribution in [2.45, 2.75) is 13.1 Å². The van der Waals surface area contributed by atoms with Crippen molar-refractivity contribution >= 4 is 17.4 Å². The van der Waals surface area contributed by atoms with E-state index in [2.05, 4.69) is 10.3 Å². The van der Waals surface area contributed by atoms with Crippen LogP contribution in [-0.2, 0) is 17.9 Å². The van der Waals surface area contributed by atoms with E-state index in [0.29, 0.717) is 28.5 Å². The highest BCUT2D eigenvalue weighted by molar-refractivity contribution is 5.78. The van der Waals surface area contributed by atoms with Crippen LogP contribution >= 0.6 is 0 Å². The normalized spacial score (nSPS) is 13.5. The first-order valence-electron chi connectivity index (χ1n) is 8.75. The Balaban J connectivity index is 1.59. The lowest BCUT2D eigenvalue weighted by atomic mass is 10.2. The summed E-state index contributed by atoms with van der Waals surface area (Å²) in [6.45, 7) is 0.124. The monoisotopic (exact) mass is 381 g/mol. The summed E-state index contributed by atoms with van der Waals surface area (Å²) in [5.41, 5.74) is 1.23. The number of rotatable bonds is 4. The molecule has 1 amide bonds. The maximum atomic E-state index is 14.0. The molecule has 1 N–H and O–H groups in total. The van der Waals surface area contributed by atoms with Crippen molar-refractivity contribution in [3.63, 3.8) is 0 Å². The molecule has 0 spiro atoms. The third-order valence-corrected chi connectivity index (χ3v) is 4.43. The molecule has 2 aromatic carbocycles. The van der Waals surface area contributed by atoms with E-state index in [1.807, 2.05) is 0 Å². The van der Waals surface area contributed by atoms with E-state index in [1.54, 1.807) is 48.5 Å². The maximum absolute atomic E-state index is 14.0. The highest BCUT2D eigenvalue weighted by atomic mass is 19.1. The van der Waals surface area contributed by atoms with Crippen LogP contribution in [0, 0.1) is 11.6 Å². The highest BCUT2D eigenvalue weighted by Gasteiger charge is 2.24. The SMILES string of the molecule is O=C1COc2ccc(Nc3ccccc3F)nc2CN1Cc1ccccc1F. The molecule has 5 nitrogen and oxygen atoms in total. The van der Waals surface area contributed by atoms with Crippen molar-refractivity contribution in [1.82, 2.24) is 9.88 Å². The first-order chi connectivity index (χ1) is 13.6. The molecule has 0 fully saturated rings. The number of aromatic nitrogens is 1. The summed E-state index contributed by atoms with van der Waals surface area (Å²) >= 11 is 0. The molecule has 0 radical (unpaired) electrons. The third kappa shape index (κ3) is 3.78. The second kappa shape index (κ2) is 7.64. The molecule has 0 saturated carbocycles. The summed E-state index contributed by atoms with van der Waals surface area (Å²) in [6, 6.07) is 15.9. The number of fused-ring (bicyclic) bond motifs is 1. The van der Waals surface area contributed by atoms with Gasteiger partial charge < -0.3 is 15.0 Å². The molecule has 0 atom stereocenters. The van der Waals surface area contributed by atoms with Gasteiger partial charge in [-0.2, -0.15) is 0 Å². The van der Waals surface area contributed by atoms with Crippen LogP contribution < -0.4 is 10.1 Å². The fourth-order valence-electron chi connectivity index (χ4n) is 2.98. The first-order valence-corrected chi connectivity index (χ1v) is 8.75. The minimum absolute atomic E-state index is 0.112. The molecule has 7 heteroatoms. The number of anilines is 2. The summed E-state index contributed by atoms with van der Waals surface area (Å²) in [6.07, 6.45) is 0. The topological polar surface area (TPSA) is 54.5 Å².